The molecule has 1 nitrogen and oxygen atoms in total. The van der Waals surface area contributed by atoms with E-state index in [1.54, 1.807) is 0 Å². The fourth-order valence-electron chi connectivity index (χ4n) is 1.01. The highest BCUT2D eigenvalue weighted by Crippen LogP contribution is 2.06. The molecule has 0 fully saturated rings. The predicted octanol–water partition coefficient (Wildman–Crippen LogP) is 2.95. The van der Waals surface area contributed by atoms with Crippen molar-refractivity contribution in [3.8, 4) is 0 Å². The van der Waals surface area contributed by atoms with Crippen molar-refractivity contribution < 1.29 is 5.11 Å². The molecule has 0 heterocycles. The van der Waals surface area contributed by atoms with E-state index in [1.165, 1.54) is 11.1 Å². The molecule has 1 aromatic rings. The van der Waals surface area contributed by atoms with E-state index >= 15 is 0 Å². The molecule has 0 aliphatic heterocycles. The summed E-state index contributed by atoms with van der Waals surface area (Å²) in [7, 11) is 0. The highest BCUT2D eigenvalue weighted by atomic mass is 35.5. The van der Waals surface area contributed by atoms with Gasteiger partial charge in [-0.2, -0.15) is 0 Å². The fourth-order valence-corrected chi connectivity index (χ4v) is 1.01. The van der Waals surface area contributed by atoms with Gasteiger partial charge in [0.2, 0.25) is 0 Å². The van der Waals surface area contributed by atoms with Crippen LogP contribution < -0.4 is 0 Å². The molecule has 1 rings (SSSR count). The Kier molecular flexibility index (Phi) is 8.21. The van der Waals surface area contributed by atoms with Crippen molar-refractivity contribution in [2.45, 2.75) is 13.3 Å². The lowest BCUT2D eigenvalue weighted by molar-refractivity contribution is 0.299. The summed E-state index contributed by atoms with van der Waals surface area (Å²) in [4.78, 5) is 0. The van der Waals surface area contributed by atoms with Gasteiger partial charge in [0.15, 0.2) is 0 Å². The van der Waals surface area contributed by atoms with Gasteiger partial charge in [0.05, 0.1) is 5.34 Å². The zero-order chi connectivity index (χ0) is 10.1. The van der Waals surface area contributed by atoms with E-state index < -0.39 is 0 Å². The van der Waals surface area contributed by atoms with Crippen molar-refractivity contribution in [1.82, 2.24) is 0 Å². The van der Waals surface area contributed by atoms with Crippen molar-refractivity contribution in [3.05, 3.63) is 35.4 Å². The van der Waals surface area contributed by atoms with Gasteiger partial charge >= 0.3 is 0 Å². The van der Waals surface area contributed by atoms with Gasteiger partial charge in [-0.15, -0.1) is 23.2 Å². The van der Waals surface area contributed by atoms with Gasteiger partial charge < -0.3 is 5.11 Å². The summed E-state index contributed by atoms with van der Waals surface area (Å²) in [6, 6.07) is 8.12. The van der Waals surface area contributed by atoms with Crippen molar-refractivity contribution >= 4 is 23.2 Å². The molecule has 0 radical (unpaired) electrons. The van der Waals surface area contributed by atoms with Gasteiger partial charge in [0.25, 0.3) is 0 Å². The van der Waals surface area contributed by atoms with Crippen LogP contribution in [0, 0.1) is 6.92 Å². The average molecular weight is 221 g/mol. The van der Waals surface area contributed by atoms with Crippen LogP contribution in [0.25, 0.3) is 0 Å². The minimum Gasteiger partial charge on any atom is -0.396 e. The van der Waals surface area contributed by atoms with Gasteiger partial charge in [-0.05, 0) is 24.5 Å². The maximum absolute atomic E-state index is 8.64. The molecule has 74 valence electrons. The summed E-state index contributed by atoms with van der Waals surface area (Å²) in [6.07, 6.45) is 0.771. The lowest BCUT2D eigenvalue weighted by Gasteiger charge is -2.00. The van der Waals surface area contributed by atoms with E-state index in [-0.39, 0.29) is 11.9 Å². The standard InChI is InChI=1S/C9H12O.CH2Cl2/c1-8-4-2-3-5-9(8)6-7-10;2-1-3/h2-5,10H,6-7H2,1H3;1H2. The van der Waals surface area contributed by atoms with Crippen molar-refractivity contribution in [2.75, 3.05) is 11.9 Å². The molecule has 0 bridgehead atoms. The third kappa shape index (κ3) is 5.92. The molecule has 1 N–H and O–H groups in total. The summed E-state index contributed by atoms with van der Waals surface area (Å²) in [5, 5.41) is 8.84. The molecule has 0 aromatic heterocycles. The quantitative estimate of drug-likeness (QED) is 0.761. The summed E-state index contributed by atoms with van der Waals surface area (Å²) in [5.41, 5.74) is 2.50. The van der Waals surface area contributed by atoms with Crippen LogP contribution in [-0.4, -0.2) is 17.1 Å². The van der Waals surface area contributed by atoms with Crippen molar-refractivity contribution in [3.63, 3.8) is 0 Å². The predicted molar refractivity (Wildman–Crippen MR) is 58.5 cm³/mol. The molecule has 0 saturated carbocycles. The summed E-state index contributed by atoms with van der Waals surface area (Å²) < 4.78 is 0. The molecule has 0 amide bonds. The largest absolute Gasteiger partial charge is 0.396 e. The minimum absolute atomic E-state index is 0.194. The molecule has 0 aliphatic carbocycles. The van der Waals surface area contributed by atoms with Crippen LogP contribution >= 0.6 is 23.2 Å². The van der Waals surface area contributed by atoms with Gasteiger partial charge in [-0.25, -0.2) is 0 Å². The Hall–Kier alpha value is -0.240. The number of rotatable bonds is 2. The Bertz CT molecular complexity index is 226. The van der Waals surface area contributed by atoms with Crippen molar-refractivity contribution in [2.24, 2.45) is 0 Å². The number of hydrogen-bond acceptors (Lipinski definition) is 1. The molecule has 1 aromatic carbocycles. The number of halogens is 2. The maximum Gasteiger partial charge on any atom is 0.0967 e. The average Bonchev–Trinajstić information content (AvgIpc) is 2.11. The summed E-state index contributed by atoms with van der Waals surface area (Å²) in [6.45, 7) is 2.30. The number of aryl methyl sites for hydroxylation is 1. The van der Waals surface area contributed by atoms with Crippen LogP contribution in [0.3, 0.4) is 0 Å². The molecule has 0 unspecified atom stereocenters. The lowest BCUT2D eigenvalue weighted by atomic mass is 10.1. The number of hydrogen-bond donors (Lipinski definition) is 1. The van der Waals surface area contributed by atoms with E-state index in [1.807, 2.05) is 18.2 Å². The topological polar surface area (TPSA) is 20.2 Å². The second-order valence-electron chi connectivity index (χ2n) is 2.50. The Morgan fingerprint density at radius 2 is 1.77 bits per heavy atom. The van der Waals surface area contributed by atoms with Crippen LogP contribution in [0.4, 0.5) is 0 Å². The first kappa shape index (κ1) is 12.8. The van der Waals surface area contributed by atoms with Crippen molar-refractivity contribution in [1.29, 1.82) is 0 Å². The first-order valence-electron chi connectivity index (χ1n) is 4.03. The Labute approximate surface area is 89.3 Å². The molecule has 13 heavy (non-hydrogen) atoms. The summed E-state index contributed by atoms with van der Waals surface area (Å²) in [5.74, 6) is 0. The number of aliphatic hydroxyl groups is 1. The molecule has 3 heteroatoms. The van der Waals surface area contributed by atoms with Gasteiger partial charge in [0.1, 0.15) is 0 Å². The third-order valence-corrected chi connectivity index (χ3v) is 1.64. The second-order valence-corrected chi connectivity index (χ2v) is 3.31. The number of aliphatic hydroxyl groups excluding tert-OH is 1. The van der Waals surface area contributed by atoms with E-state index in [9.17, 15) is 0 Å². The van der Waals surface area contributed by atoms with Gasteiger partial charge in [0, 0.05) is 6.61 Å². The van der Waals surface area contributed by atoms with Crippen LogP contribution in [-0.2, 0) is 6.42 Å². The highest BCUT2D eigenvalue weighted by Gasteiger charge is 1.93. The van der Waals surface area contributed by atoms with Crippen LogP contribution in [0.15, 0.2) is 24.3 Å². The van der Waals surface area contributed by atoms with Crippen LogP contribution in [0.2, 0.25) is 0 Å². The molecule has 0 saturated heterocycles. The van der Waals surface area contributed by atoms with Crippen LogP contribution in [0.1, 0.15) is 11.1 Å². The van der Waals surface area contributed by atoms with E-state index in [4.69, 9.17) is 28.3 Å². The SMILES string of the molecule is Cc1ccccc1CCO.ClCCl. The first-order valence-corrected chi connectivity index (χ1v) is 5.10. The molecular formula is C10H14Cl2O. The lowest BCUT2D eigenvalue weighted by Crippen LogP contribution is -1.92. The number of benzene rings is 1. The summed E-state index contributed by atoms with van der Waals surface area (Å²) >= 11 is 9.53. The Morgan fingerprint density at radius 1 is 1.23 bits per heavy atom. The highest BCUT2D eigenvalue weighted by molar-refractivity contribution is 6.40. The first-order chi connectivity index (χ1) is 6.26. The zero-order valence-corrected chi connectivity index (χ0v) is 9.15. The maximum atomic E-state index is 8.64. The monoisotopic (exact) mass is 220 g/mol. The number of alkyl halides is 2. The third-order valence-electron chi connectivity index (χ3n) is 1.64. The fraction of sp³-hybridized carbons (Fsp3) is 0.400. The van der Waals surface area contributed by atoms with Crippen LogP contribution in [0.5, 0.6) is 0 Å². The minimum atomic E-state index is 0.194. The molecule has 0 atom stereocenters. The molecule has 0 spiro atoms. The smallest absolute Gasteiger partial charge is 0.0967 e. The second kappa shape index (κ2) is 8.36. The molecule has 0 aliphatic rings. The van der Waals surface area contributed by atoms with E-state index in [0.717, 1.165) is 6.42 Å². The van der Waals surface area contributed by atoms with Gasteiger partial charge in [-0.1, -0.05) is 24.3 Å². The zero-order valence-electron chi connectivity index (χ0n) is 7.63. The normalized spacial score (nSPS) is 8.92. The molecular weight excluding hydrogens is 207 g/mol. The van der Waals surface area contributed by atoms with Gasteiger partial charge in [-0.3, -0.25) is 0 Å². The van der Waals surface area contributed by atoms with E-state index in [2.05, 4.69) is 13.0 Å². The Morgan fingerprint density at radius 3 is 2.23 bits per heavy atom. The van der Waals surface area contributed by atoms with E-state index in [0.29, 0.717) is 0 Å². The Balaban J connectivity index is 0.000000424.